The van der Waals surface area contributed by atoms with E-state index in [2.05, 4.69) is 0 Å². The summed E-state index contributed by atoms with van der Waals surface area (Å²) in [5.74, 6) is -1.02. The average molecular weight is 497 g/mol. The second kappa shape index (κ2) is 9.13. The molecule has 1 saturated carbocycles. The standard InChI is InChI=1S/C22H25ClN2O5S2/c23-17-6-4-15(5-7-17)18-8-9-19(31-18)22(14-20(26)24-28)10-11-25(12-13-32(22,29)30)21(27)16-2-1-3-16/h4-9,16,28H,1-3,10-14H2,(H,24,26)/t22-/m0/s1. The van der Waals surface area contributed by atoms with E-state index in [1.807, 2.05) is 18.2 Å². The molecule has 0 bridgehead atoms. The highest BCUT2D eigenvalue weighted by Gasteiger charge is 2.50. The maximum atomic E-state index is 13.6. The van der Waals surface area contributed by atoms with E-state index >= 15 is 0 Å². The smallest absolute Gasteiger partial charge is 0.245 e. The van der Waals surface area contributed by atoms with E-state index in [1.54, 1.807) is 28.6 Å². The maximum absolute atomic E-state index is 13.6. The highest BCUT2D eigenvalue weighted by molar-refractivity contribution is 7.92. The molecule has 172 valence electrons. The lowest BCUT2D eigenvalue weighted by Gasteiger charge is -2.32. The lowest BCUT2D eigenvalue weighted by Crippen LogP contribution is -2.41. The lowest BCUT2D eigenvalue weighted by molar-refractivity contribution is -0.137. The molecule has 1 aliphatic carbocycles. The summed E-state index contributed by atoms with van der Waals surface area (Å²) in [6, 6.07) is 10.8. The first-order valence-electron chi connectivity index (χ1n) is 10.6. The molecule has 2 aromatic rings. The number of sulfone groups is 1. The van der Waals surface area contributed by atoms with Crippen molar-refractivity contribution in [2.75, 3.05) is 18.8 Å². The number of halogens is 1. The minimum absolute atomic E-state index is 0.00175. The van der Waals surface area contributed by atoms with Gasteiger partial charge >= 0.3 is 0 Å². The van der Waals surface area contributed by atoms with Crippen molar-refractivity contribution in [3.05, 3.63) is 46.3 Å². The zero-order valence-electron chi connectivity index (χ0n) is 17.4. The Labute approximate surface area is 196 Å². The van der Waals surface area contributed by atoms with Crippen molar-refractivity contribution in [1.82, 2.24) is 10.4 Å². The van der Waals surface area contributed by atoms with Gasteiger partial charge in [0, 0.05) is 33.8 Å². The molecule has 1 aromatic heterocycles. The Morgan fingerprint density at radius 2 is 1.88 bits per heavy atom. The van der Waals surface area contributed by atoms with Crippen molar-refractivity contribution >= 4 is 44.6 Å². The summed E-state index contributed by atoms with van der Waals surface area (Å²) in [6.07, 6.45) is 2.40. The van der Waals surface area contributed by atoms with Crippen LogP contribution in [-0.2, 0) is 24.2 Å². The topological polar surface area (TPSA) is 104 Å². The van der Waals surface area contributed by atoms with Gasteiger partial charge in [-0.15, -0.1) is 11.3 Å². The van der Waals surface area contributed by atoms with Crippen molar-refractivity contribution in [1.29, 1.82) is 0 Å². The summed E-state index contributed by atoms with van der Waals surface area (Å²) >= 11 is 7.28. The van der Waals surface area contributed by atoms with Crippen LogP contribution in [0.3, 0.4) is 0 Å². The number of thiophene rings is 1. The van der Waals surface area contributed by atoms with Gasteiger partial charge < -0.3 is 4.90 Å². The summed E-state index contributed by atoms with van der Waals surface area (Å²) in [6.45, 7) is 0.372. The van der Waals surface area contributed by atoms with Crippen LogP contribution in [0.2, 0.25) is 5.02 Å². The van der Waals surface area contributed by atoms with Gasteiger partial charge in [-0.1, -0.05) is 30.2 Å². The average Bonchev–Trinajstić information content (AvgIpc) is 3.17. The second-order valence-electron chi connectivity index (χ2n) is 8.40. The normalized spacial score (nSPS) is 23.2. The third-order valence-corrected chi connectivity index (χ3v) is 10.7. The molecule has 2 aliphatic rings. The Morgan fingerprint density at radius 3 is 2.50 bits per heavy atom. The van der Waals surface area contributed by atoms with Crippen LogP contribution in [0.1, 0.15) is 37.0 Å². The van der Waals surface area contributed by atoms with E-state index in [1.165, 1.54) is 11.3 Å². The Morgan fingerprint density at radius 1 is 1.16 bits per heavy atom. The Hall–Kier alpha value is -1.94. The summed E-state index contributed by atoms with van der Waals surface area (Å²) < 4.78 is 25.6. The fourth-order valence-electron chi connectivity index (χ4n) is 4.36. The molecule has 1 saturated heterocycles. The van der Waals surface area contributed by atoms with Gasteiger partial charge in [-0.3, -0.25) is 14.8 Å². The van der Waals surface area contributed by atoms with Crippen LogP contribution in [-0.4, -0.2) is 49.2 Å². The number of rotatable bonds is 5. The van der Waals surface area contributed by atoms with Gasteiger partial charge in [0.2, 0.25) is 11.8 Å². The minimum Gasteiger partial charge on any atom is -0.341 e. The van der Waals surface area contributed by atoms with E-state index < -0.39 is 26.9 Å². The molecular weight excluding hydrogens is 472 g/mol. The molecule has 0 radical (unpaired) electrons. The van der Waals surface area contributed by atoms with Crippen LogP contribution in [0.15, 0.2) is 36.4 Å². The van der Waals surface area contributed by atoms with Crippen LogP contribution in [0.5, 0.6) is 0 Å². The molecular formula is C22H25ClN2O5S2. The molecule has 2 N–H and O–H groups in total. The molecule has 0 unspecified atom stereocenters. The zero-order valence-corrected chi connectivity index (χ0v) is 19.8. The van der Waals surface area contributed by atoms with Gasteiger partial charge in [-0.2, -0.15) is 0 Å². The summed E-state index contributed by atoms with van der Waals surface area (Å²) in [5.41, 5.74) is 2.48. The Kier molecular flexibility index (Phi) is 6.63. The summed E-state index contributed by atoms with van der Waals surface area (Å²) in [7, 11) is -3.81. The maximum Gasteiger partial charge on any atom is 0.245 e. The first kappa shape index (κ1) is 23.2. The first-order chi connectivity index (χ1) is 15.3. The van der Waals surface area contributed by atoms with Crippen molar-refractivity contribution in [2.45, 2.75) is 36.9 Å². The number of hydrogen-bond acceptors (Lipinski definition) is 6. The number of carbonyl (C=O) groups excluding carboxylic acids is 2. The summed E-state index contributed by atoms with van der Waals surface area (Å²) in [5, 5.41) is 9.76. The number of hydroxylamine groups is 1. The van der Waals surface area contributed by atoms with E-state index in [-0.39, 0.29) is 37.1 Å². The Bertz CT molecular complexity index is 1110. The largest absolute Gasteiger partial charge is 0.341 e. The monoisotopic (exact) mass is 496 g/mol. The molecule has 2 heterocycles. The molecule has 4 rings (SSSR count). The third-order valence-electron chi connectivity index (χ3n) is 6.53. The van der Waals surface area contributed by atoms with Crippen LogP contribution >= 0.6 is 22.9 Å². The third kappa shape index (κ3) is 4.31. The van der Waals surface area contributed by atoms with Crippen LogP contribution in [0.4, 0.5) is 0 Å². The van der Waals surface area contributed by atoms with Crippen molar-refractivity contribution in [3.8, 4) is 10.4 Å². The predicted molar refractivity (Wildman–Crippen MR) is 123 cm³/mol. The molecule has 32 heavy (non-hydrogen) atoms. The minimum atomic E-state index is -3.81. The van der Waals surface area contributed by atoms with Crippen LogP contribution in [0, 0.1) is 5.92 Å². The molecule has 2 fully saturated rings. The first-order valence-corrected chi connectivity index (χ1v) is 13.4. The number of carbonyl (C=O) groups is 2. The van der Waals surface area contributed by atoms with Crippen molar-refractivity contribution in [2.24, 2.45) is 5.92 Å². The zero-order chi connectivity index (χ0) is 22.9. The number of nitrogens with one attached hydrogen (secondary N) is 1. The van der Waals surface area contributed by atoms with Gasteiger partial charge in [0.05, 0.1) is 12.2 Å². The van der Waals surface area contributed by atoms with Gasteiger partial charge in [0.15, 0.2) is 9.84 Å². The van der Waals surface area contributed by atoms with Gasteiger partial charge in [-0.05, 0) is 49.1 Å². The summed E-state index contributed by atoms with van der Waals surface area (Å²) in [4.78, 5) is 28.0. The fraction of sp³-hybridized carbons (Fsp3) is 0.455. The van der Waals surface area contributed by atoms with Gasteiger partial charge in [0.1, 0.15) is 4.75 Å². The predicted octanol–water partition coefficient (Wildman–Crippen LogP) is 3.61. The second-order valence-corrected chi connectivity index (χ2v) is 12.3. The van der Waals surface area contributed by atoms with Crippen LogP contribution in [0.25, 0.3) is 10.4 Å². The van der Waals surface area contributed by atoms with E-state index in [0.717, 1.165) is 29.7 Å². The highest BCUT2D eigenvalue weighted by atomic mass is 35.5. The van der Waals surface area contributed by atoms with Gasteiger partial charge in [0.25, 0.3) is 0 Å². The van der Waals surface area contributed by atoms with Crippen molar-refractivity contribution in [3.63, 3.8) is 0 Å². The number of benzene rings is 1. The molecule has 2 amide bonds. The molecule has 10 heteroatoms. The molecule has 1 aliphatic heterocycles. The Balaban J connectivity index is 1.71. The molecule has 7 nitrogen and oxygen atoms in total. The van der Waals surface area contributed by atoms with E-state index in [4.69, 9.17) is 16.8 Å². The lowest BCUT2D eigenvalue weighted by atomic mass is 9.84. The molecule has 1 aromatic carbocycles. The molecule has 0 spiro atoms. The highest BCUT2D eigenvalue weighted by Crippen LogP contribution is 2.45. The van der Waals surface area contributed by atoms with E-state index in [0.29, 0.717) is 9.90 Å². The SMILES string of the molecule is O=C(C[C@]1(c2ccc(-c3ccc(Cl)cc3)s2)CCN(C(=O)C2CCC2)CCS1(=O)=O)NO. The number of nitrogens with zero attached hydrogens (tertiary/aromatic N) is 1. The quantitative estimate of drug-likeness (QED) is 0.486. The van der Waals surface area contributed by atoms with Crippen molar-refractivity contribution < 1.29 is 23.2 Å². The number of amides is 2. The van der Waals surface area contributed by atoms with E-state index in [9.17, 15) is 18.0 Å². The molecule has 1 atom stereocenters. The van der Waals surface area contributed by atoms with Crippen LogP contribution < -0.4 is 5.48 Å². The number of hydrogen-bond donors (Lipinski definition) is 2. The fourth-order valence-corrected chi connectivity index (χ4v) is 8.09. The van der Waals surface area contributed by atoms with Gasteiger partial charge in [-0.25, -0.2) is 13.9 Å².